The fourth-order valence-corrected chi connectivity index (χ4v) is 3.11. The van der Waals surface area contributed by atoms with E-state index in [4.69, 9.17) is 0 Å². The monoisotopic (exact) mass is 258 g/mol. The number of allylic oxidation sites excluding steroid dienone is 1. The molecule has 96 valence electrons. The van der Waals surface area contributed by atoms with E-state index in [-0.39, 0.29) is 5.92 Å². The number of phenolic OH excluding ortho intramolecular Hbond substituents is 1. The van der Waals surface area contributed by atoms with Crippen LogP contribution in [0.1, 0.15) is 22.6 Å². The van der Waals surface area contributed by atoms with Crippen molar-refractivity contribution in [3.8, 4) is 5.75 Å². The molecule has 1 unspecified atom stereocenters. The van der Waals surface area contributed by atoms with E-state index in [1.807, 2.05) is 18.2 Å². The zero-order chi connectivity index (χ0) is 13.5. The maximum absolute atomic E-state index is 10.4. The van der Waals surface area contributed by atoms with Crippen LogP contribution >= 0.6 is 0 Å². The topological polar surface area (TPSA) is 20.2 Å². The molecule has 1 nitrogen and oxygen atoms in total. The summed E-state index contributed by atoms with van der Waals surface area (Å²) in [6.45, 7) is 0. The average molecular weight is 258 g/mol. The van der Waals surface area contributed by atoms with Gasteiger partial charge in [0, 0.05) is 11.5 Å². The van der Waals surface area contributed by atoms with E-state index < -0.39 is 0 Å². The summed E-state index contributed by atoms with van der Waals surface area (Å²) >= 11 is 0. The Kier molecular flexibility index (Phi) is 2.40. The molecule has 3 aromatic rings. The Labute approximate surface area is 117 Å². The molecule has 0 bridgehead atoms. The molecule has 0 aromatic heterocycles. The van der Waals surface area contributed by atoms with Crippen molar-refractivity contribution in [2.75, 3.05) is 0 Å². The van der Waals surface area contributed by atoms with E-state index in [1.54, 1.807) is 6.07 Å². The lowest BCUT2D eigenvalue weighted by Crippen LogP contribution is -1.97. The number of hydrogen-bond acceptors (Lipinski definition) is 1. The highest BCUT2D eigenvalue weighted by atomic mass is 16.3. The van der Waals surface area contributed by atoms with Crippen LogP contribution in [-0.4, -0.2) is 5.11 Å². The van der Waals surface area contributed by atoms with Crippen LogP contribution in [0.2, 0.25) is 0 Å². The first-order chi connectivity index (χ1) is 9.84. The van der Waals surface area contributed by atoms with Gasteiger partial charge in [-0.2, -0.15) is 0 Å². The van der Waals surface area contributed by atoms with Crippen LogP contribution in [0.15, 0.2) is 66.7 Å². The summed E-state index contributed by atoms with van der Waals surface area (Å²) in [5.41, 5.74) is 3.51. The molecular weight excluding hydrogens is 244 g/mol. The SMILES string of the molecule is Oc1ccc2ccccc2c1C1C=Cc2ccccc21. The van der Waals surface area contributed by atoms with Gasteiger partial charge in [-0.1, -0.05) is 66.7 Å². The van der Waals surface area contributed by atoms with Crippen molar-refractivity contribution in [2.45, 2.75) is 5.92 Å². The Morgan fingerprint density at radius 1 is 0.800 bits per heavy atom. The number of phenols is 1. The largest absolute Gasteiger partial charge is 0.508 e. The summed E-state index contributed by atoms with van der Waals surface area (Å²) in [4.78, 5) is 0. The Bertz CT molecular complexity index is 830. The highest BCUT2D eigenvalue weighted by molar-refractivity contribution is 5.90. The van der Waals surface area contributed by atoms with Gasteiger partial charge in [0.05, 0.1) is 0 Å². The van der Waals surface area contributed by atoms with Gasteiger partial charge in [-0.05, 0) is 28.0 Å². The molecule has 0 amide bonds. The van der Waals surface area contributed by atoms with Crippen LogP contribution in [0.25, 0.3) is 16.8 Å². The van der Waals surface area contributed by atoms with E-state index in [1.165, 1.54) is 11.1 Å². The van der Waals surface area contributed by atoms with Crippen LogP contribution in [0.4, 0.5) is 0 Å². The van der Waals surface area contributed by atoms with E-state index in [9.17, 15) is 5.11 Å². The third-order valence-electron chi connectivity index (χ3n) is 4.06. The lowest BCUT2D eigenvalue weighted by Gasteiger charge is -2.16. The van der Waals surface area contributed by atoms with Crippen LogP contribution in [0, 0.1) is 0 Å². The van der Waals surface area contributed by atoms with Crippen molar-refractivity contribution in [1.82, 2.24) is 0 Å². The van der Waals surface area contributed by atoms with Gasteiger partial charge in [-0.3, -0.25) is 0 Å². The average Bonchev–Trinajstić information content (AvgIpc) is 2.91. The molecule has 20 heavy (non-hydrogen) atoms. The minimum absolute atomic E-state index is 0.136. The fourth-order valence-electron chi connectivity index (χ4n) is 3.11. The van der Waals surface area contributed by atoms with Crippen molar-refractivity contribution in [3.63, 3.8) is 0 Å². The third kappa shape index (κ3) is 1.56. The van der Waals surface area contributed by atoms with E-state index >= 15 is 0 Å². The van der Waals surface area contributed by atoms with Gasteiger partial charge in [0.1, 0.15) is 5.75 Å². The van der Waals surface area contributed by atoms with Crippen LogP contribution < -0.4 is 0 Å². The Morgan fingerprint density at radius 2 is 1.60 bits per heavy atom. The van der Waals surface area contributed by atoms with Crippen molar-refractivity contribution in [3.05, 3.63) is 83.4 Å². The second-order valence-corrected chi connectivity index (χ2v) is 5.19. The number of benzene rings is 3. The Balaban J connectivity index is 2.01. The molecule has 3 aromatic carbocycles. The number of rotatable bonds is 1. The molecule has 0 fully saturated rings. The van der Waals surface area contributed by atoms with Gasteiger partial charge in [0.25, 0.3) is 0 Å². The number of fused-ring (bicyclic) bond motifs is 2. The smallest absolute Gasteiger partial charge is 0.120 e. The van der Waals surface area contributed by atoms with E-state index in [0.29, 0.717) is 5.75 Å². The molecule has 0 radical (unpaired) electrons. The van der Waals surface area contributed by atoms with Crippen LogP contribution in [0.5, 0.6) is 5.75 Å². The number of hydrogen-bond donors (Lipinski definition) is 1. The standard InChI is InChI=1S/C19H14O/c20-18-12-10-14-6-2-4-8-16(14)19(18)17-11-9-13-5-1-3-7-15(13)17/h1-12,17,20H. The highest BCUT2D eigenvalue weighted by Gasteiger charge is 2.23. The summed E-state index contributed by atoms with van der Waals surface area (Å²) in [6, 6.07) is 20.4. The maximum atomic E-state index is 10.4. The molecule has 4 rings (SSSR count). The molecule has 1 aliphatic rings. The minimum Gasteiger partial charge on any atom is -0.508 e. The van der Waals surface area contributed by atoms with E-state index in [0.717, 1.165) is 16.3 Å². The third-order valence-corrected chi connectivity index (χ3v) is 4.06. The van der Waals surface area contributed by atoms with E-state index in [2.05, 4.69) is 48.6 Å². The molecule has 0 saturated carbocycles. The van der Waals surface area contributed by atoms with Gasteiger partial charge in [0.2, 0.25) is 0 Å². The summed E-state index contributed by atoms with van der Waals surface area (Å²) in [7, 11) is 0. The summed E-state index contributed by atoms with van der Waals surface area (Å²) in [5.74, 6) is 0.507. The van der Waals surface area contributed by atoms with Gasteiger partial charge in [-0.25, -0.2) is 0 Å². The van der Waals surface area contributed by atoms with Crippen molar-refractivity contribution >= 4 is 16.8 Å². The molecule has 0 spiro atoms. The molecule has 0 heterocycles. The highest BCUT2D eigenvalue weighted by Crippen LogP contribution is 2.42. The summed E-state index contributed by atoms with van der Waals surface area (Å²) in [6.07, 6.45) is 4.31. The summed E-state index contributed by atoms with van der Waals surface area (Å²) in [5, 5.41) is 12.6. The molecule has 1 atom stereocenters. The Morgan fingerprint density at radius 3 is 2.55 bits per heavy atom. The molecular formula is C19H14O. The minimum atomic E-state index is 0.136. The fraction of sp³-hybridized carbons (Fsp3) is 0.0526. The molecule has 1 aliphatic carbocycles. The molecule has 0 saturated heterocycles. The van der Waals surface area contributed by atoms with Crippen LogP contribution in [-0.2, 0) is 0 Å². The predicted octanol–water partition coefficient (Wildman–Crippen LogP) is 4.70. The first-order valence-electron chi connectivity index (χ1n) is 6.82. The Hall–Kier alpha value is -2.54. The van der Waals surface area contributed by atoms with Crippen LogP contribution in [0.3, 0.4) is 0 Å². The second kappa shape index (κ2) is 4.24. The van der Waals surface area contributed by atoms with Crippen molar-refractivity contribution in [2.24, 2.45) is 0 Å². The van der Waals surface area contributed by atoms with Crippen molar-refractivity contribution in [1.29, 1.82) is 0 Å². The maximum Gasteiger partial charge on any atom is 0.120 e. The zero-order valence-corrected chi connectivity index (χ0v) is 11.0. The lowest BCUT2D eigenvalue weighted by molar-refractivity contribution is 0.469. The van der Waals surface area contributed by atoms with Crippen molar-refractivity contribution < 1.29 is 5.11 Å². The summed E-state index contributed by atoms with van der Waals surface area (Å²) < 4.78 is 0. The van der Waals surface area contributed by atoms with Gasteiger partial charge >= 0.3 is 0 Å². The molecule has 0 aliphatic heterocycles. The normalized spacial score (nSPS) is 16.5. The second-order valence-electron chi connectivity index (χ2n) is 5.19. The van der Waals surface area contributed by atoms with Gasteiger partial charge < -0.3 is 5.11 Å². The first-order valence-corrected chi connectivity index (χ1v) is 6.82. The lowest BCUT2D eigenvalue weighted by atomic mass is 9.88. The van der Waals surface area contributed by atoms with Gasteiger partial charge in [-0.15, -0.1) is 0 Å². The quantitative estimate of drug-likeness (QED) is 0.670. The van der Waals surface area contributed by atoms with Gasteiger partial charge in [0.15, 0.2) is 0 Å². The molecule has 1 N–H and O–H groups in total. The number of aromatic hydroxyl groups is 1. The predicted molar refractivity (Wildman–Crippen MR) is 82.9 cm³/mol. The zero-order valence-electron chi connectivity index (χ0n) is 11.0. The first kappa shape index (κ1) is 11.3. The molecule has 1 heteroatoms.